The molecule has 0 saturated heterocycles. The molecule has 0 aliphatic carbocycles. The smallest absolute Gasteiger partial charge is 0.128 e. The van der Waals surface area contributed by atoms with Gasteiger partial charge in [-0.2, -0.15) is 11.8 Å². The SMILES string of the molecule is CCC(C)SCC(NC)c1cc(Br)ccc1F. The molecule has 2 unspecified atom stereocenters. The van der Waals surface area contributed by atoms with Crippen LogP contribution in [-0.2, 0) is 0 Å². The van der Waals surface area contributed by atoms with Crippen LogP contribution in [0.2, 0.25) is 0 Å². The van der Waals surface area contributed by atoms with Crippen LogP contribution in [0.1, 0.15) is 31.9 Å². The quantitative estimate of drug-likeness (QED) is 0.835. The molecule has 0 radical (unpaired) electrons. The van der Waals surface area contributed by atoms with Gasteiger partial charge in [0.1, 0.15) is 5.82 Å². The van der Waals surface area contributed by atoms with Crippen molar-refractivity contribution in [3.05, 3.63) is 34.1 Å². The van der Waals surface area contributed by atoms with Gasteiger partial charge in [0.2, 0.25) is 0 Å². The van der Waals surface area contributed by atoms with Gasteiger partial charge >= 0.3 is 0 Å². The summed E-state index contributed by atoms with van der Waals surface area (Å²) < 4.78 is 14.7. The first kappa shape index (κ1) is 15.0. The van der Waals surface area contributed by atoms with Crippen LogP contribution in [0.4, 0.5) is 4.39 Å². The van der Waals surface area contributed by atoms with Gasteiger partial charge < -0.3 is 5.32 Å². The lowest BCUT2D eigenvalue weighted by Crippen LogP contribution is -2.21. The van der Waals surface area contributed by atoms with E-state index in [0.717, 1.165) is 22.2 Å². The Morgan fingerprint density at radius 1 is 1.47 bits per heavy atom. The summed E-state index contributed by atoms with van der Waals surface area (Å²) >= 11 is 5.26. The molecule has 0 fully saturated rings. The highest BCUT2D eigenvalue weighted by atomic mass is 79.9. The van der Waals surface area contributed by atoms with Crippen molar-refractivity contribution < 1.29 is 4.39 Å². The van der Waals surface area contributed by atoms with E-state index in [1.807, 2.05) is 24.9 Å². The minimum absolute atomic E-state index is 0.0616. The Balaban J connectivity index is 2.75. The van der Waals surface area contributed by atoms with E-state index in [2.05, 4.69) is 35.1 Å². The van der Waals surface area contributed by atoms with E-state index in [0.29, 0.717) is 5.25 Å². The monoisotopic (exact) mass is 319 g/mol. The van der Waals surface area contributed by atoms with Gasteiger partial charge in [-0.3, -0.25) is 0 Å². The minimum Gasteiger partial charge on any atom is -0.312 e. The summed E-state index contributed by atoms with van der Waals surface area (Å²) in [6.07, 6.45) is 1.14. The van der Waals surface area contributed by atoms with Gasteiger partial charge in [0.25, 0.3) is 0 Å². The highest BCUT2D eigenvalue weighted by molar-refractivity contribution is 9.10. The zero-order chi connectivity index (χ0) is 12.8. The number of thioether (sulfide) groups is 1. The first-order chi connectivity index (χ1) is 8.08. The van der Waals surface area contributed by atoms with Crippen LogP contribution >= 0.6 is 27.7 Å². The van der Waals surface area contributed by atoms with E-state index >= 15 is 0 Å². The summed E-state index contributed by atoms with van der Waals surface area (Å²) in [5, 5.41) is 3.80. The van der Waals surface area contributed by atoms with E-state index in [9.17, 15) is 4.39 Å². The van der Waals surface area contributed by atoms with E-state index < -0.39 is 0 Å². The van der Waals surface area contributed by atoms with Crippen molar-refractivity contribution in [2.45, 2.75) is 31.6 Å². The summed E-state index contributed by atoms with van der Waals surface area (Å²) in [6, 6.07) is 5.16. The minimum atomic E-state index is -0.141. The molecule has 17 heavy (non-hydrogen) atoms. The molecule has 1 aromatic rings. The lowest BCUT2D eigenvalue weighted by molar-refractivity contribution is 0.565. The van der Waals surface area contributed by atoms with E-state index in [-0.39, 0.29) is 11.9 Å². The number of hydrogen-bond donors (Lipinski definition) is 1. The molecular weight excluding hydrogens is 301 g/mol. The summed E-state index contributed by atoms with van der Waals surface area (Å²) in [5.74, 6) is 0.746. The molecule has 0 aliphatic rings. The molecule has 1 aromatic carbocycles. The van der Waals surface area contributed by atoms with E-state index in [4.69, 9.17) is 0 Å². The second-order valence-corrected chi connectivity index (χ2v) is 6.45. The standard InChI is InChI=1S/C13H19BrFNS/c1-4-9(2)17-8-13(16-3)11-7-10(14)5-6-12(11)15/h5-7,9,13,16H,4,8H2,1-3H3. The largest absolute Gasteiger partial charge is 0.312 e. The molecule has 1 nitrogen and oxygen atoms in total. The molecule has 0 heterocycles. The average molecular weight is 320 g/mol. The zero-order valence-corrected chi connectivity index (χ0v) is 12.9. The van der Waals surface area contributed by atoms with E-state index in [1.54, 1.807) is 6.07 Å². The number of benzene rings is 1. The Labute approximate surface area is 116 Å². The van der Waals surface area contributed by atoms with Gasteiger partial charge in [-0.1, -0.05) is 29.8 Å². The summed E-state index contributed by atoms with van der Waals surface area (Å²) in [4.78, 5) is 0. The molecule has 1 N–H and O–H groups in total. The maximum atomic E-state index is 13.7. The zero-order valence-electron chi connectivity index (χ0n) is 10.5. The molecule has 1 rings (SSSR count). The molecule has 0 saturated carbocycles. The lowest BCUT2D eigenvalue weighted by atomic mass is 10.1. The van der Waals surface area contributed by atoms with Crippen molar-refractivity contribution in [1.82, 2.24) is 5.32 Å². The van der Waals surface area contributed by atoms with Crippen molar-refractivity contribution >= 4 is 27.7 Å². The average Bonchev–Trinajstić information content (AvgIpc) is 2.33. The van der Waals surface area contributed by atoms with Crippen LogP contribution in [0.5, 0.6) is 0 Å². The van der Waals surface area contributed by atoms with Gasteiger partial charge in [-0.15, -0.1) is 0 Å². The Kier molecular flexibility index (Phi) is 6.52. The van der Waals surface area contributed by atoms with Crippen molar-refractivity contribution in [1.29, 1.82) is 0 Å². The number of rotatable bonds is 6. The fraction of sp³-hybridized carbons (Fsp3) is 0.538. The van der Waals surface area contributed by atoms with Crippen LogP contribution in [0, 0.1) is 5.82 Å². The summed E-state index contributed by atoms with van der Waals surface area (Å²) in [6.45, 7) is 4.38. The van der Waals surface area contributed by atoms with Gasteiger partial charge in [-0.25, -0.2) is 4.39 Å². The lowest BCUT2D eigenvalue weighted by Gasteiger charge is -2.19. The third-order valence-corrected chi connectivity index (χ3v) is 4.73. The topological polar surface area (TPSA) is 12.0 Å². The highest BCUT2D eigenvalue weighted by Crippen LogP contribution is 2.26. The molecular formula is C13H19BrFNS. The molecule has 0 aromatic heterocycles. The van der Waals surface area contributed by atoms with Crippen molar-refractivity contribution in [3.63, 3.8) is 0 Å². The maximum absolute atomic E-state index is 13.7. The van der Waals surface area contributed by atoms with Crippen LogP contribution < -0.4 is 5.32 Å². The van der Waals surface area contributed by atoms with Gasteiger partial charge in [-0.05, 0) is 31.7 Å². The van der Waals surface area contributed by atoms with Crippen LogP contribution in [0.3, 0.4) is 0 Å². The second-order valence-electron chi connectivity index (χ2n) is 4.06. The third kappa shape index (κ3) is 4.60. The number of hydrogen-bond acceptors (Lipinski definition) is 2. The Bertz CT molecular complexity index is 359. The fourth-order valence-electron chi connectivity index (χ4n) is 1.49. The molecule has 0 amide bonds. The predicted octanol–water partition coefficient (Wildman–Crippen LogP) is 4.38. The van der Waals surface area contributed by atoms with E-state index in [1.165, 1.54) is 6.07 Å². The summed E-state index contributed by atoms with van der Waals surface area (Å²) in [5.41, 5.74) is 0.734. The van der Waals surface area contributed by atoms with Crippen molar-refractivity contribution in [3.8, 4) is 0 Å². The van der Waals surface area contributed by atoms with Crippen LogP contribution in [-0.4, -0.2) is 18.1 Å². The van der Waals surface area contributed by atoms with Gasteiger partial charge in [0.05, 0.1) is 0 Å². The van der Waals surface area contributed by atoms with Crippen molar-refractivity contribution in [2.75, 3.05) is 12.8 Å². The Morgan fingerprint density at radius 3 is 2.76 bits per heavy atom. The molecule has 0 spiro atoms. The summed E-state index contributed by atoms with van der Waals surface area (Å²) in [7, 11) is 1.88. The third-order valence-electron chi connectivity index (χ3n) is 2.80. The van der Waals surface area contributed by atoms with Crippen LogP contribution in [0.15, 0.2) is 22.7 Å². The van der Waals surface area contributed by atoms with Crippen LogP contribution in [0.25, 0.3) is 0 Å². The molecule has 0 aliphatic heterocycles. The molecule has 96 valence electrons. The van der Waals surface area contributed by atoms with Crippen molar-refractivity contribution in [2.24, 2.45) is 0 Å². The predicted molar refractivity (Wildman–Crippen MR) is 78.1 cm³/mol. The first-order valence-corrected chi connectivity index (χ1v) is 7.66. The fourth-order valence-corrected chi connectivity index (χ4v) is 2.97. The second kappa shape index (κ2) is 7.39. The Hall–Kier alpha value is -0.0600. The normalized spacial score (nSPS) is 14.6. The van der Waals surface area contributed by atoms with Gasteiger partial charge in [0, 0.05) is 27.1 Å². The highest BCUT2D eigenvalue weighted by Gasteiger charge is 2.15. The molecule has 0 bridgehead atoms. The number of nitrogens with one attached hydrogen (secondary N) is 1. The first-order valence-electron chi connectivity index (χ1n) is 5.82. The molecule has 4 heteroatoms. The van der Waals surface area contributed by atoms with Gasteiger partial charge in [0.15, 0.2) is 0 Å². The molecule has 2 atom stereocenters. The maximum Gasteiger partial charge on any atom is 0.128 e. The Morgan fingerprint density at radius 2 is 2.18 bits per heavy atom. The number of halogens is 2.